The molecule has 3 rings (SSSR count). The van der Waals surface area contributed by atoms with Crippen molar-refractivity contribution in [3.63, 3.8) is 0 Å². The minimum absolute atomic E-state index is 0.138. The number of fused-ring (bicyclic) bond motifs is 1. The molecule has 1 aliphatic rings. The summed E-state index contributed by atoms with van der Waals surface area (Å²) in [7, 11) is 0. The smallest absolute Gasteiger partial charge is 0.220 e. The third-order valence-corrected chi connectivity index (χ3v) is 5.43. The first kappa shape index (κ1) is 17.5. The van der Waals surface area contributed by atoms with E-state index in [4.69, 9.17) is 0 Å². The maximum absolute atomic E-state index is 12.1. The van der Waals surface area contributed by atoms with E-state index in [1.165, 1.54) is 10.9 Å². The minimum atomic E-state index is 0.138. The largest absolute Gasteiger partial charge is 0.354 e. The van der Waals surface area contributed by atoms with Crippen LogP contribution in [0.15, 0.2) is 34.9 Å². The fourth-order valence-corrected chi connectivity index (χ4v) is 3.81. The number of rotatable bonds is 6. The van der Waals surface area contributed by atoms with Crippen LogP contribution in [0.25, 0.3) is 10.9 Å². The van der Waals surface area contributed by atoms with Gasteiger partial charge in [0.15, 0.2) is 0 Å². The van der Waals surface area contributed by atoms with Gasteiger partial charge in [-0.25, -0.2) is 0 Å². The molecule has 0 bridgehead atoms. The average Bonchev–Trinajstić information content (AvgIpc) is 3.09. The second-order valence-electron chi connectivity index (χ2n) is 6.63. The van der Waals surface area contributed by atoms with E-state index in [1.807, 2.05) is 6.07 Å². The van der Waals surface area contributed by atoms with Crippen molar-refractivity contribution < 1.29 is 4.79 Å². The molecule has 1 fully saturated rings. The quantitative estimate of drug-likeness (QED) is 0.708. The van der Waals surface area contributed by atoms with Gasteiger partial charge in [-0.2, -0.15) is 0 Å². The van der Waals surface area contributed by atoms with E-state index in [0.29, 0.717) is 31.0 Å². The number of benzene rings is 1. The predicted molar refractivity (Wildman–Crippen MR) is 101 cm³/mol. The van der Waals surface area contributed by atoms with Gasteiger partial charge in [0, 0.05) is 47.8 Å². The molecule has 1 aromatic heterocycles. The van der Waals surface area contributed by atoms with Crippen LogP contribution < -0.4 is 16.2 Å². The van der Waals surface area contributed by atoms with E-state index in [1.54, 1.807) is 0 Å². The second-order valence-corrected chi connectivity index (χ2v) is 7.55. The molecule has 2 heterocycles. The van der Waals surface area contributed by atoms with Crippen molar-refractivity contribution in [1.82, 2.24) is 20.7 Å². The Kier molecular flexibility index (Phi) is 5.58. The first-order chi connectivity index (χ1) is 11.5. The number of nitrogens with zero attached hydrogens (tertiary/aromatic N) is 1. The van der Waals surface area contributed by atoms with E-state index in [2.05, 4.69) is 74.9 Å². The van der Waals surface area contributed by atoms with Crippen LogP contribution in [0.5, 0.6) is 0 Å². The Labute approximate surface area is 151 Å². The number of carbonyl (C=O) groups is 1. The second kappa shape index (κ2) is 7.68. The highest BCUT2D eigenvalue weighted by molar-refractivity contribution is 9.10. The van der Waals surface area contributed by atoms with Gasteiger partial charge in [-0.1, -0.05) is 22.0 Å². The van der Waals surface area contributed by atoms with Crippen LogP contribution in [0, 0.1) is 5.92 Å². The Balaban J connectivity index is 1.45. The molecular formula is C18H25BrN4O. The molecule has 1 aromatic carbocycles. The van der Waals surface area contributed by atoms with Crippen LogP contribution in [0.1, 0.15) is 26.7 Å². The molecule has 2 unspecified atom stereocenters. The van der Waals surface area contributed by atoms with E-state index in [-0.39, 0.29) is 5.91 Å². The lowest BCUT2D eigenvalue weighted by atomic mass is 9.91. The van der Waals surface area contributed by atoms with Gasteiger partial charge in [0.1, 0.15) is 0 Å². The summed E-state index contributed by atoms with van der Waals surface area (Å²) < 4.78 is 3.25. The van der Waals surface area contributed by atoms with Crippen molar-refractivity contribution in [3.05, 3.63) is 34.9 Å². The van der Waals surface area contributed by atoms with Crippen LogP contribution in [0.4, 0.5) is 0 Å². The predicted octanol–water partition coefficient (Wildman–Crippen LogP) is 2.80. The van der Waals surface area contributed by atoms with Crippen molar-refractivity contribution in [2.45, 2.75) is 45.3 Å². The number of carbonyl (C=O) groups excluding carboxylic acids is 1. The number of aromatic nitrogens is 1. The van der Waals surface area contributed by atoms with Crippen molar-refractivity contribution in [2.75, 3.05) is 6.54 Å². The molecule has 0 radical (unpaired) electrons. The van der Waals surface area contributed by atoms with Crippen LogP contribution in [0.3, 0.4) is 0 Å². The van der Waals surface area contributed by atoms with E-state index < -0.39 is 0 Å². The highest BCUT2D eigenvalue weighted by Gasteiger charge is 2.29. The lowest BCUT2D eigenvalue weighted by molar-refractivity contribution is -0.121. The molecule has 6 heteroatoms. The first-order valence-corrected chi connectivity index (χ1v) is 9.36. The Bertz CT molecular complexity index is 704. The van der Waals surface area contributed by atoms with Gasteiger partial charge in [-0.3, -0.25) is 15.6 Å². The van der Waals surface area contributed by atoms with Gasteiger partial charge >= 0.3 is 0 Å². The zero-order valence-electron chi connectivity index (χ0n) is 14.2. The molecule has 1 amide bonds. The van der Waals surface area contributed by atoms with Crippen molar-refractivity contribution in [2.24, 2.45) is 5.92 Å². The van der Waals surface area contributed by atoms with Crippen molar-refractivity contribution >= 4 is 32.7 Å². The number of hydrazine groups is 1. The van der Waals surface area contributed by atoms with Gasteiger partial charge in [-0.15, -0.1) is 0 Å². The maximum Gasteiger partial charge on any atom is 0.220 e. The summed E-state index contributed by atoms with van der Waals surface area (Å²) >= 11 is 3.51. The SMILES string of the molecule is CC1NNC(C)C1CCC(=O)NCCn1ccc2ccc(Br)cc21. The van der Waals surface area contributed by atoms with Crippen LogP contribution in [0.2, 0.25) is 0 Å². The fourth-order valence-electron chi connectivity index (χ4n) is 3.46. The minimum Gasteiger partial charge on any atom is -0.354 e. The number of amides is 1. The molecule has 0 saturated carbocycles. The van der Waals surface area contributed by atoms with Crippen molar-refractivity contribution in [1.29, 1.82) is 0 Å². The van der Waals surface area contributed by atoms with Crippen molar-refractivity contribution in [3.8, 4) is 0 Å². The van der Waals surface area contributed by atoms with Gasteiger partial charge in [0.25, 0.3) is 0 Å². The molecular weight excluding hydrogens is 368 g/mol. The molecule has 0 spiro atoms. The summed E-state index contributed by atoms with van der Waals surface area (Å²) in [6.07, 6.45) is 3.57. The summed E-state index contributed by atoms with van der Waals surface area (Å²) in [4.78, 5) is 12.1. The molecule has 0 aliphatic carbocycles. The summed E-state index contributed by atoms with van der Waals surface area (Å²) in [5, 5.41) is 4.26. The monoisotopic (exact) mass is 392 g/mol. The summed E-state index contributed by atoms with van der Waals surface area (Å²) in [5.41, 5.74) is 7.66. The highest BCUT2D eigenvalue weighted by Crippen LogP contribution is 2.21. The lowest BCUT2D eigenvalue weighted by Gasteiger charge is -2.17. The van der Waals surface area contributed by atoms with Crippen LogP contribution >= 0.6 is 15.9 Å². The number of hydrogen-bond acceptors (Lipinski definition) is 3. The topological polar surface area (TPSA) is 58.1 Å². The van der Waals surface area contributed by atoms with Gasteiger partial charge in [0.05, 0.1) is 0 Å². The fraction of sp³-hybridized carbons (Fsp3) is 0.500. The third kappa shape index (κ3) is 3.99. The van der Waals surface area contributed by atoms with Gasteiger partial charge in [0.2, 0.25) is 5.91 Å². The third-order valence-electron chi connectivity index (χ3n) is 4.94. The maximum atomic E-state index is 12.1. The zero-order valence-corrected chi connectivity index (χ0v) is 15.8. The van der Waals surface area contributed by atoms with E-state index >= 15 is 0 Å². The lowest BCUT2D eigenvalue weighted by Crippen LogP contribution is -2.30. The number of halogens is 1. The van der Waals surface area contributed by atoms with E-state index in [0.717, 1.165) is 17.4 Å². The molecule has 24 heavy (non-hydrogen) atoms. The molecule has 2 aromatic rings. The normalized spacial score (nSPS) is 23.7. The molecule has 1 saturated heterocycles. The highest BCUT2D eigenvalue weighted by atomic mass is 79.9. The Hall–Kier alpha value is -1.37. The first-order valence-electron chi connectivity index (χ1n) is 8.57. The Morgan fingerprint density at radius 1 is 1.25 bits per heavy atom. The summed E-state index contributed by atoms with van der Waals surface area (Å²) in [5.74, 6) is 0.639. The number of hydrogen-bond donors (Lipinski definition) is 3. The molecule has 5 nitrogen and oxygen atoms in total. The molecule has 130 valence electrons. The zero-order chi connectivity index (χ0) is 17.1. The standard InChI is InChI=1S/C18H25BrN4O/c1-12-16(13(2)22-21-12)5-6-18(24)20-8-10-23-9-7-14-3-4-15(19)11-17(14)23/h3-4,7,9,11-13,16,21-22H,5-6,8,10H2,1-2H3,(H,20,24). The van der Waals surface area contributed by atoms with E-state index in [9.17, 15) is 4.79 Å². The van der Waals surface area contributed by atoms with Gasteiger partial charge in [-0.05, 0) is 49.8 Å². The number of nitrogens with one attached hydrogen (secondary N) is 3. The molecule has 1 aliphatic heterocycles. The van der Waals surface area contributed by atoms with Crippen LogP contribution in [-0.4, -0.2) is 29.1 Å². The van der Waals surface area contributed by atoms with Gasteiger partial charge < -0.3 is 9.88 Å². The Morgan fingerprint density at radius 3 is 2.75 bits per heavy atom. The molecule has 2 atom stereocenters. The summed E-state index contributed by atoms with van der Waals surface area (Å²) in [6, 6.07) is 9.19. The summed E-state index contributed by atoms with van der Waals surface area (Å²) in [6.45, 7) is 5.76. The molecule has 3 N–H and O–H groups in total. The average molecular weight is 393 g/mol. The Morgan fingerprint density at radius 2 is 2.00 bits per heavy atom. The van der Waals surface area contributed by atoms with Crippen LogP contribution in [-0.2, 0) is 11.3 Å².